The SMILES string of the molecule is COCCN(Cc1ccc(F)cc1Cl)c1nc2ccccn2c(=O)c1[N+](=O)[O-]. The van der Waals surface area contributed by atoms with Crippen molar-refractivity contribution in [2.24, 2.45) is 0 Å². The lowest BCUT2D eigenvalue weighted by molar-refractivity contribution is -0.385. The first kappa shape index (κ1) is 19.7. The highest BCUT2D eigenvalue weighted by molar-refractivity contribution is 6.31. The monoisotopic (exact) mass is 406 g/mol. The number of nitro groups is 1. The lowest BCUT2D eigenvalue weighted by Gasteiger charge is -2.24. The number of halogens is 2. The molecule has 3 rings (SSSR count). The molecule has 2 aromatic heterocycles. The second kappa shape index (κ2) is 8.32. The van der Waals surface area contributed by atoms with Crippen LogP contribution >= 0.6 is 11.6 Å². The smallest absolute Gasteiger partial charge is 0.376 e. The first-order valence-electron chi connectivity index (χ1n) is 8.26. The molecule has 1 aromatic carbocycles. The van der Waals surface area contributed by atoms with Gasteiger partial charge in [-0.25, -0.2) is 9.37 Å². The molecule has 0 aliphatic carbocycles. The maximum absolute atomic E-state index is 13.3. The number of hydrogen-bond donors (Lipinski definition) is 0. The van der Waals surface area contributed by atoms with E-state index in [1.807, 2.05) is 0 Å². The Bertz CT molecular complexity index is 1090. The van der Waals surface area contributed by atoms with E-state index in [0.717, 1.165) is 10.5 Å². The summed E-state index contributed by atoms with van der Waals surface area (Å²) in [5.41, 5.74) is -0.652. The maximum atomic E-state index is 13.3. The molecule has 28 heavy (non-hydrogen) atoms. The number of hydrogen-bond acceptors (Lipinski definition) is 6. The van der Waals surface area contributed by atoms with Gasteiger partial charge in [0.1, 0.15) is 11.5 Å². The van der Waals surface area contributed by atoms with Gasteiger partial charge in [0.05, 0.1) is 11.5 Å². The van der Waals surface area contributed by atoms with Crippen molar-refractivity contribution in [1.29, 1.82) is 0 Å². The van der Waals surface area contributed by atoms with Crippen molar-refractivity contribution >= 4 is 28.8 Å². The molecule has 0 spiro atoms. The van der Waals surface area contributed by atoms with E-state index in [2.05, 4.69) is 4.98 Å². The van der Waals surface area contributed by atoms with Crippen molar-refractivity contribution in [2.45, 2.75) is 6.54 Å². The van der Waals surface area contributed by atoms with E-state index in [4.69, 9.17) is 16.3 Å². The number of ether oxygens (including phenoxy) is 1. The Labute approximate surface area is 163 Å². The number of fused-ring (bicyclic) bond motifs is 1. The van der Waals surface area contributed by atoms with Crippen LogP contribution in [0.5, 0.6) is 0 Å². The van der Waals surface area contributed by atoms with Crippen molar-refractivity contribution < 1.29 is 14.1 Å². The third-order valence-electron chi connectivity index (χ3n) is 4.12. The minimum atomic E-state index is -0.793. The molecule has 0 bridgehead atoms. The van der Waals surface area contributed by atoms with Crippen LogP contribution in [0.2, 0.25) is 5.02 Å². The van der Waals surface area contributed by atoms with E-state index in [-0.39, 0.29) is 36.2 Å². The molecule has 2 heterocycles. The average Bonchev–Trinajstić information content (AvgIpc) is 2.66. The number of rotatable bonds is 7. The number of methoxy groups -OCH3 is 1. The van der Waals surface area contributed by atoms with Crippen LogP contribution in [0.15, 0.2) is 47.4 Å². The molecule has 0 radical (unpaired) electrons. The lowest BCUT2D eigenvalue weighted by atomic mass is 10.2. The summed E-state index contributed by atoms with van der Waals surface area (Å²) in [5.74, 6) is -0.594. The maximum Gasteiger partial charge on any atom is 0.376 e. The van der Waals surface area contributed by atoms with E-state index in [9.17, 15) is 19.3 Å². The minimum absolute atomic E-state index is 0.0821. The highest BCUT2D eigenvalue weighted by Gasteiger charge is 2.28. The molecule has 0 saturated carbocycles. The Morgan fingerprint density at radius 2 is 2.14 bits per heavy atom. The molecular formula is C18H16ClFN4O4. The second-order valence-corrected chi connectivity index (χ2v) is 6.33. The van der Waals surface area contributed by atoms with Gasteiger partial charge in [0.25, 0.3) is 0 Å². The van der Waals surface area contributed by atoms with Gasteiger partial charge < -0.3 is 9.64 Å². The van der Waals surface area contributed by atoms with Crippen molar-refractivity contribution in [2.75, 3.05) is 25.2 Å². The van der Waals surface area contributed by atoms with Crippen molar-refractivity contribution in [3.8, 4) is 0 Å². The largest absolute Gasteiger partial charge is 0.383 e. The highest BCUT2D eigenvalue weighted by atomic mass is 35.5. The average molecular weight is 407 g/mol. The molecule has 0 amide bonds. The van der Waals surface area contributed by atoms with Gasteiger partial charge in [0.15, 0.2) is 0 Å². The molecule has 8 nitrogen and oxygen atoms in total. The van der Waals surface area contributed by atoms with E-state index >= 15 is 0 Å². The van der Waals surface area contributed by atoms with E-state index in [1.165, 1.54) is 30.3 Å². The molecule has 0 aliphatic rings. The summed E-state index contributed by atoms with van der Waals surface area (Å²) >= 11 is 6.11. The summed E-state index contributed by atoms with van der Waals surface area (Å²) in [6.07, 6.45) is 1.41. The van der Waals surface area contributed by atoms with Crippen LogP contribution < -0.4 is 10.5 Å². The van der Waals surface area contributed by atoms with E-state index in [1.54, 1.807) is 18.2 Å². The van der Waals surface area contributed by atoms with Gasteiger partial charge in [-0.2, -0.15) is 0 Å². The second-order valence-electron chi connectivity index (χ2n) is 5.93. The zero-order valence-corrected chi connectivity index (χ0v) is 15.6. The third-order valence-corrected chi connectivity index (χ3v) is 4.47. The van der Waals surface area contributed by atoms with Crippen LogP contribution in [0.4, 0.5) is 15.9 Å². The molecular weight excluding hydrogens is 391 g/mol. The molecule has 146 valence electrons. The number of aromatic nitrogens is 2. The number of anilines is 1. The van der Waals surface area contributed by atoms with Crippen molar-refractivity contribution in [3.63, 3.8) is 0 Å². The Hall–Kier alpha value is -3.04. The predicted octanol–water partition coefficient (Wildman–Crippen LogP) is 3.05. The summed E-state index contributed by atoms with van der Waals surface area (Å²) in [6, 6.07) is 8.72. The molecule has 0 atom stereocenters. The van der Waals surface area contributed by atoms with Crippen LogP contribution in [-0.2, 0) is 11.3 Å². The number of pyridine rings is 1. The minimum Gasteiger partial charge on any atom is -0.383 e. The molecule has 0 fully saturated rings. The van der Waals surface area contributed by atoms with Gasteiger partial charge in [0.2, 0.25) is 5.82 Å². The molecule has 3 aromatic rings. The molecule has 0 aliphatic heterocycles. The summed E-state index contributed by atoms with van der Waals surface area (Å²) in [7, 11) is 1.49. The fourth-order valence-electron chi connectivity index (χ4n) is 2.77. The van der Waals surface area contributed by atoms with E-state index in [0.29, 0.717) is 5.56 Å². The topological polar surface area (TPSA) is 90.0 Å². The first-order valence-corrected chi connectivity index (χ1v) is 8.63. The van der Waals surface area contributed by atoms with Crippen molar-refractivity contribution in [1.82, 2.24) is 9.38 Å². The van der Waals surface area contributed by atoms with Gasteiger partial charge in [-0.3, -0.25) is 19.3 Å². The highest BCUT2D eigenvalue weighted by Crippen LogP contribution is 2.27. The van der Waals surface area contributed by atoms with Crippen molar-refractivity contribution in [3.05, 3.63) is 79.5 Å². The summed E-state index contributed by atoms with van der Waals surface area (Å²) in [5, 5.41) is 11.8. The Morgan fingerprint density at radius 1 is 1.36 bits per heavy atom. The Balaban J connectivity index is 2.16. The third kappa shape index (κ3) is 3.95. The van der Waals surface area contributed by atoms with Gasteiger partial charge in [0, 0.05) is 31.4 Å². The normalized spacial score (nSPS) is 11.0. The fraction of sp³-hybridized carbons (Fsp3) is 0.222. The summed E-state index contributed by atoms with van der Waals surface area (Å²) in [6.45, 7) is 0.519. The first-order chi connectivity index (χ1) is 13.4. The van der Waals surface area contributed by atoms with Gasteiger partial charge in [-0.05, 0) is 29.8 Å². The van der Waals surface area contributed by atoms with Crippen LogP contribution in [0.25, 0.3) is 5.65 Å². The van der Waals surface area contributed by atoms with E-state index < -0.39 is 22.0 Å². The number of benzene rings is 1. The zero-order chi connectivity index (χ0) is 20.3. The molecule has 0 unspecified atom stereocenters. The van der Waals surface area contributed by atoms with Crippen LogP contribution in [-0.4, -0.2) is 34.6 Å². The Morgan fingerprint density at radius 3 is 2.82 bits per heavy atom. The van der Waals surface area contributed by atoms with Crippen LogP contribution in [0.3, 0.4) is 0 Å². The van der Waals surface area contributed by atoms with Gasteiger partial charge >= 0.3 is 11.2 Å². The standard InChI is InChI=1S/C18H16ClFN4O4/c1-28-9-8-22(11-12-5-6-13(20)10-14(12)19)17-16(24(26)27)18(25)23-7-3-2-4-15(23)21-17/h2-7,10H,8-9,11H2,1H3. The zero-order valence-electron chi connectivity index (χ0n) is 14.8. The molecule has 0 saturated heterocycles. The summed E-state index contributed by atoms with van der Waals surface area (Å²) in [4.78, 5) is 29.4. The molecule has 10 heteroatoms. The van der Waals surface area contributed by atoms with Gasteiger partial charge in [-0.15, -0.1) is 0 Å². The Kier molecular flexibility index (Phi) is 5.86. The lowest BCUT2D eigenvalue weighted by Crippen LogP contribution is -2.31. The van der Waals surface area contributed by atoms with Crippen LogP contribution in [0.1, 0.15) is 5.56 Å². The van der Waals surface area contributed by atoms with Crippen LogP contribution in [0, 0.1) is 15.9 Å². The predicted molar refractivity (Wildman–Crippen MR) is 102 cm³/mol. The number of nitrogens with zero attached hydrogens (tertiary/aromatic N) is 4. The quantitative estimate of drug-likeness (QED) is 0.442. The molecule has 0 N–H and O–H groups in total. The fourth-order valence-corrected chi connectivity index (χ4v) is 2.99. The summed E-state index contributed by atoms with van der Waals surface area (Å²) < 4.78 is 19.5. The van der Waals surface area contributed by atoms with Gasteiger partial charge in [-0.1, -0.05) is 23.7 Å².